The molecule has 49 heavy (non-hydrogen) atoms. The molecule has 2 radical (unpaired) electrons. The quantitative estimate of drug-likeness (QED) is 0.153. The maximum Gasteiger partial charge on any atom is 0.130 e. The third-order valence-corrected chi connectivity index (χ3v) is 11.6. The van der Waals surface area contributed by atoms with E-state index in [2.05, 4.69) is 137 Å². The number of benzene rings is 4. The maximum absolute atomic E-state index is 6.30. The van der Waals surface area contributed by atoms with Gasteiger partial charge >= 0.3 is 0 Å². The van der Waals surface area contributed by atoms with Crippen molar-refractivity contribution in [3.8, 4) is 22.3 Å². The van der Waals surface area contributed by atoms with Crippen molar-refractivity contribution in [1.29, 1.82) is 0 Å². The molecule has 0 aliphatic heterocycles. The van der Waals surface area contributed by atoms with Crippen LogP contribution < -0.4 is 0 Å². The Hall–Kier alpha value is -4.86. The van der Waals surface area contributed by atoms with E-state index in [1.54, 1.807) is 0 Å². The molecule has 242 valence electrons. The zero-order chi connectivity index (χ0) is 33.8. The number of hydrogen-bond donors (Lipinski definition) is 0. The molecule has 2 atom stereocenters. The van der Waals surface area contributed by atoms with Crippen molar-refractivity contribution in [3.63, 3.8) is 0 Å². The van der Waals surface area contributed by atoms with Gasteiger partial charge in [-0.3, -0.25) is 0 Å². The normalized spacial score (nSPS) is 16.4. The van der Waals surface area contributed by atoms with E-state index in [9.17, 15) is 0 Å². The van der Waals surface area contributed by atoms with Crippen LogP contribution in [0.1, 0.15) is 79.4 Å². The minimum atomic E-state index is 0.283. The molecular formula is C46H42O2Si. The largest absolute Gasteiger partial charge is 0.462 e. The summed E-state index contributed by atoms with van der Waals surface area (Å²) in [6.07, 6.45) is 4.82. The first-order valence-electron chi connectivity index (χ1n) is 17.4. The molecule has 2 aromatic heterocycles. The number of aryl methyl sites for hydroxylation is 6. The molecule has 0 spiro atoms. The molecule has 4 aromatic carbocycles. The fourth-order valence-electron chi connectivity index (χ4n) is 8.18. The lowest BCUT2D eigenvalue weighted by Gasteiger charge is -2.20. The van der Waals surface area contributed by atoms with Gasteiger partial charge in [0, 0.05) is 32.5 Å². The van der Waals surface area contributed by atoms with Crippen LogP contribution in [0, 0.1) is 41.5 Å². The lowest BCUT2D eigenvalue weighted by molar-refractivity contribution is 0.518. The summed E-state index contributed by atoms with van der Waals surface area (Å²) in [7, 11) is 0.753. The molecule has 0 amide bonds. The molecule has 6 aromatic rings. The Kier molecular flexibility index (Phi) is 8.04. The first-order valence-corrected chi connectivity index (χ1v) is 18.8. The maximum atomic E-state index is 6.30. The summed E-state index contributed by atoms with van der Waals surface area (Å²) >= 11 is 0. The molecule has 8 rings (SSSR count). The van der Waals surface area contributed by atoms with E-state index in [1.165, 1.54) is 77.9 Å². The van der Waals surface area contributed by atoms with Crippen LogP contribution in [0.2, 0.25) is 12.1 Å². The van der Waals surface area contributed by atoms with Gasteiger partial charge < -0.3 is 8.83 Å². The summed E-state index contributed by atoms with van der Waals surface area (Å²) in [6.45, 7) is 12.8. The monoisotopic (exact) mass is 654 g/mol. The second kappa shape index (κ2) is 12.5. The van der Waals surface area contributed by atoms with Gasteiger partial charge in [0.25, 0.3) is 0 Å². The Morgan fingerprint density at radius 2 is 0.898 bits per heavy atom. The van der Waals surface area contributed by atoms with Crippen molar-refractivity contribution >= 4 is 32.8 Å². The average Bonchev–Trinajstić information content (AvgIpc) is 3.85. The Bertz CT molecular complexity index is 2090. The Morgan fingerprint density at radius 1 is 0.490 bits per heavy atom. The minimum Gasteiger partial charge on any atom is -0.462 e. The molecular weight excluding hydrogens is 613 g/mol. The third kappa shape index (κ3) is 5.91. The van der Waals surface area contributed by atoms with Crippen LogP contribution in [-0.2, 0) is 0 Å². The van der Waals surface area contributed by atoms with E-state index in [0.717, 1.165) is 44.6 Å². The van der Waals surface area contributed by atoms with E-state index in [-0.39, 0.29) is 11.8 Å². The fraction of sp³-hybridized carbons (Fsp3) is 0.217. The summed E-state index contributed by atoms with van der Waals surface area (Å²) in [5.74, 6) is 4.45. The first-order chi connectivity index (χ1) is 23.7. The predicted octanol–water partition coefficient (Wildman–Crippen LogP) is 12.6. The highest BCUT2D eigenvalue weighted by Crippen LogP contribution is 2.50. The van der Waals surface area contributed by atoms with Gasteiger partial charge in [-0.2, -0.15) is 0 Å². The second-order valence-corrected chi connectivity index (χ2v) is 15.5. The minimum absolute atomic E-state index is 0.283. The van der Waals surface area contributed by atoms with Gasteiger partial charge in [-0.15, -0.1) is 0 Å². The highest BCUT2D eigenvalue weighted by molar-refractivity contribution is 6.37. The van der Waals surface area contributed by atoms with Crippen molar-refractivity contribution < 1.29 is 8.83 Å². The highest BCUT2D eigenvalue weighted by atomic mass is 28.2. The van der Waals surface area contributed by atoms with E-state index in [0.29, 0.717) is 0 Å². The molecule has 2 heterocycles. The lowest BCUT2D eigenvalue weighted by Crippen LogP contribution is -2.07. The van der Waals surface area contributed by atoms with Crippen LogP contribution in [0.5, 0.6) is 0 Å². The van der Waals surface area contributed by atoms with Crippen molar-refractivity contribution in [1.82, 2.24) is 0 Å². The van der Waals surface area contributed by atoms with Crippen molar-refractivity contribution in [2.45, 2.75) is 65.5 Å². The number of fused-ring (bicyclic) bond motifs is 2. The first kappa shape index (κ1) is 31.4. The van der Waals surface area contributed by atoms with Crippen molar-refractivity contribution in [2.75, 3.05) is 0 Å². The number of allylic oxidation sites excluding steroid dienone is 2. The standard InChI is InChI=1S/C46H42O2Si/c1-27-17-28(2)20-33(19-27)35-9-7-11-37-39(35)23-41(45-15-13-31(5)47-45)43(37)25-49-26-44-38-12-8-10-36(34-21-29(3)18-30(4)22-34)40(38)24-42(44)46-16-14-32(6)48-46/h7-24,43-44H,25-26H2,1-6H3. The van der Waals surface area contributed by atoms with Gasteiger partial charge in [0.05, 0.1) is 0 Å². The Morgan fingerprint density at radius 3 is 1.27 bits per heavy atom. The van der Waals surface area contributed by atoms with E-state index >= 15 is 0 Å². The van der Waals surface area contributed by atoms with Crippen LogP contribution in [0.25, 0.3) is 45.6 Å². The van der Waals surface area contributed by atoms with Gasteiger partial charge in [0.2, 0.25) is 0 Å². The lowest BCUT2D eigenvalue weighted by atomic mass is 9.91. The topological polar surface area (TPSA) is 26.3 Å². The molecule has 0 fully saturated rings. The van der Waals surface area contributed by atoms with Crippen LogP contribution in [-0.4, -0.2) is 9.52 Å². The van der Waals surface area contributed by atoms with Crippen LogP contribution in [0.4, 0.5) is 0 Å². The summed E-state index contributed by atoms with van der Waals surface area (Å²) in [6, 6.07) is 38.1. The third-order valence-electron chi connectivity index (χ3n) is 10.2. The molecule has 2 unspecified atom stereocenters. The average molecular weight is 655 g/mol. The molecule has 0 saturated heterocycles. The highest BCUT2D eigenvalue weighted by Gasteiger charge is 2.33. The zero-order valence-corrected chi connectivity index (χ0v) is 30.3. The van der Waals surface area contributed by atoms with E-state index in [4.69, 9.17) is 8.83 Å². The molecule has 2 nitrogen and oxygen atoms in total. The number of rotatable bonds is 8. The number of hydrogen-bond acceptors (Lipinski definition) is 2. The van der Waals surface area contributed by atoms with Crippen LogP contribution in [0.3, 0.4) is 0 Å². The predicted molar refractivity (Wildman–Crippen MR) is 206 cm³/mol. The van der Waals surface area contributed by atoms with Gasteiger partial charge in [-0.1, -0.05) is 95.1 Å². The Balaban J connectivity index is 1.14. The smallest absolute Gasteiger partial charge is 0.130 e. The van der Waals surface area contributed by atoms with Gasteiger partial charge in [0.15, 0.2) is 0 Å². The summed E-state index contributed by atoms with van der Waals surface area (Å²) < 4.78 is 12.6. The van der Waals surface area contributed by atoms with Crippen LogP contribution in [0.15, 0.2) is 106 Å². The molecule has 0 bridgehead atoms. The number of furan rings is 2. The summed E-state index contributed by atoms with van der Waals surface area (Å²) in [5, 5.41) is 0. The molecule has 3 heteroatoms. The summed E-state index contributed by atoms with van der Waals surface area (Å²) in [5.41, 5.74) is 18.5. The molecule has 2 aliphatic rings. The van der Waals surface area contributed by atoms with E-state index in [1.807, 2.05) is 13.8 Å². The summed E-state index contributed by atoms with van der Waals surface area (Å²) in [4.78, 5) is 0. The van der Waals surface area contributed by atoms with Crippen LogP contribution >= 0.6 is 0 Å². The van der Waals surface area contributed by atoms with Crippen molar-refractivity contribution in [2.24, 2.45) is 0 Å². The van der Waals surface area contributed by atoms with E-state index < -0.39 is 0 Å². The van der Waals surface area contributed by atoms with Crippen molar-refractivity contribution in [3.05, 3.63) is 165 Å². The van der Waals surface area contributed by atoms with Gasteiger partial charge in [0.1, 0.15) is 23.0 Å². The molecule has 2 aliphatic carbocycles. The second-order valence-electron chi connectivity index (χ2n) is 14.2. The SMILES string of the molecule is Cc1cc(C)cc(-c2cccc3c2C=C(c2ccc(C)o2)C3C[Si]CC2C(c3ccc(C)o3)=Cc3c(-c4cc(C)cc(C)c4)cccc32)c1. The van der Waals surface area contributed by atoms with Gasteiger partial charge in [-0.05, 0) is 135 Å². The Labute approximate surface area is 293 Å². The molecule has 0 N–H and O–H groups in total. The van der Waals surface area contributed by atoms with Gasteiger partial charge in [-0.25, -0.2) is 0 Å². The molecule has 0 saturated carbocycles. The zero-order valence-electron chi connectivity index (χ0n) is 29.3. The fourth-order valence-corrected chi connectivity index (χ4v) is 9.81.